The highest BCUT2D eigenvalue weighted by molar-refractivity contribution is 6.42. The smallest absolute Gasteiger partial charge is 0.111 e. The van der Waals surface area contributed by atoms with Crippen LogP contribution in [0.15, 0.2) is 12.1 Å². The molecular weight excluding hydrogens is 303 g/mol. The van der Waals surface area contributed by atoms with Gasteiger partial charge in [-0.2, -0.15) is 0 Å². The van der Waals surface area contributed by atoms with E-state index in [1.54, 1.807) is 0 Å². The van der Waals surface area contributed by atoms with Crippen LogP contribution >= 0.6 is 34.8 Å². The van der Waals surface area contributed by atoms with Crippen LogP contribution in [0.25, 0.3) is 11.0 Å². The summed E-state index contributed by atoms with van der Waals surface area (Å²) >= 11 is 18.1. The van der Waals surface area contributed by atoms with Crippen LogP contribution < -0.4 is 0 Å². The molecule has 0 N–H and O–H groups in total. The molecule has 1 heterocycles. The van der Waals surface area contributed by atoms with E-state index in [-0.39, 0.29) is 0 Å². The Balaban J connectivity index is 2.21. The summed E-state index contributed by atoms with van der Waals surface area (Å²) < 4.78 is 2.29. The third-order valence-electron chi connectivity index (χ3n) is 3.90. The van der Waals surface area contributed by atoms with Crippen LogP contribution in [0.1, 0.15) is 32.1 Å². The third-order valence-corrected chi connectivity index (χ3v) is 4.81. The molecule has 1 aromatic heterocycles. The van der Waals surface area contributed by atoms with Crippen molar-refractivity contribution >= 4 is 45.8 Å². The maximum absolute atomic E-state index is 6.14. The van der Waals surface area contributed by atoms with E-state index in [0.717, 1.165) is 29.7 Å². The number of halogens is 3. The molecule has 0 radical (unpaired) electrons. The topological polar surface area (TPSA) is 17.8 Å². The molecule has 102 valence electrons. The van der Waals surface area contributed by atoms with E-state index >= 15 is 0 Å². The van der Waals surface area contributed by atoms with Crippen LogP contribution in [0.5, 0.6) is 0 Å². The molecular formula is C14H15Cl3N2. The lowest BCUT2D eigenvalue weighted by Crippen LogP contribution is -2.06. The van der Waals surface area contributed by atoms with Crippen LogP contribution in [-0.4, -0.2) is 15.4 Å². The van der Waals surface area contributed by atoms with Gasteiger partial charge in [0.05, 0.1) is 21.1 Å². The minimum atomic E-state index is 0.320. The summed E-state index contributed by atoms with van der Waals surface area (Å²) in [5, 5.41) is 1.12. The van der Waals surface area contributed by atoms with Crippen LogP contribution in [0, 0.1) is 5.41 Å². The molecule has 5 heteroatoms. The van der Waals surface area contributed by atoms with Gasteiger partial charge in [0.25, 0.3) is 0 Å². The lowest BCUT2D eigenvalue weighted by Gasteiger charge is -2.10. The number of hydrogen-bond donors (Lipinski definition) is 0. The highest BCUT2D eigenvalue weighted by Crippen LogP contribution is 2.57. The highest BCUT2D eigenvalue weighted by atomic mass is 35.5. The molecule has 1 aliphatic rings. The minimum Gasteiger partial charge on any atom is -0.324 e. The first kappa shape index (κ1) is 13.5. The van der Waals surface area contributed by atoms with Gasteiger partial charge in [-0.25, -0.2) is 4.98 Å². The van der Waals surface area contributed by atoms with Gasteiger partial charge in [0.2, 0.25) is 0 Å². The predicted molar refractivity (Wildman–Crippen MR) is 81.6 cm³/mol. The average Bonchev–Trinajstić information content (AvgIpc) is 2.80. The normalized spacial score (nSPS) is 21.0. The molecule has 1 unspecified atom stereocenters. The molecule has 3 rings (SSSR count). The van der Waals surface area contributed by atoms with E-state index in [2.05, 4.69) is 23.4 Å². The van der Waals surface area contributed by atoms with Crippen LogP contribution in [-0.2, 0) is 6.42 Å². The Bertz CT molecular complexity index is 646. The fraction of sp³-hybridized carbons (Fsp3) is 0.500. The summed E-state index contributed by atoms with van der Waals surface area (Å²) in [6.07, 6.45) is 1.92. The summed E-state index contributed by atoms with van der Waals surface area (Å²) in [5.74, 6) is 1.59. The molecule has 0 amide bonds. The quantitative estimate of drug-likeness (QED) is 0.720. The van der Waals surface area contributed by atoms with E-state index in [1.165, 1.54) is 0 Å². The van der Waals surface area contributed by atoms with E-state index < -0.39 is 0 Å². The van der Waals surface area contributed by atoms with Gasteiger partial charge in [0.15, 0.2) is 0 Å². The van der Waals surface area contributed by atoms with Crippen molar-refractivity contribution in [3.05, 3.63) is 28.0 Å². The third kappa shape index (κ3) is 2.24. The van der Waals surface area contributed by atoms with Gasteiger partial charge >= 0.3 is 0 Å². The number of imidazole rings is 1. The zero-order valence-electron chi connectivity index (χ0n) is 10.9. The summed E-state index contributed by atoms with van der Waals surface area (Å²) in [4.78, 5) is 4.67. The van der Waals surface area contributed by atoms with Gasteiger partial charge in [-0.3, -0.25) is 0 Å². The Morgan fingerprint density at radius 2 is 1.95 bits per heavy atom. The van der Waals surface area contributed by atoms with Crippen molar-refractivity contribution in [2.24, 2.45) is 5.41 Å². The Morgan fingerprint density at radius 3 is 2.53 bits per heavy atom. The number of benzene rings is 1. The Labute approximate surface area is 127 Å². The summed E-state index contributed by atoms with van der Waals surface area (Å²) in [5.41, 5.74) is 2.28. The molecule has 0 saturated heterocycles. The first-order chi connectivity index (χ1) is 8.94. The number of hydrogen-bond acceptors (Lipinski definition) is 1. The van der Waals surface area contributed by atoms with Gasteiger partial charge in [-0.05, 0) is 24.0 Å². The molecule has 1 aliphatic carbocycles. The molecule has 19 heavy (non-hydrogen) atoms. The first-order valence-electron chi connectivity index (χ1n) is 6.36. The molecule has 0 bridgehead atoms. The highest BCUT2D eigenvalue weighted by Gasteiger charge is 2.48. The van der Waals surface area contributed by atoms with E-state index in [9.17, 15) is 0 Å². The van der Waals surface area contributed by atoms with Crippen molar-refractivity contribution < 1.29 is 0 Å². The second-order valence-corrected chi connectivity index (χ2v) is 6.99. The van der Waals surface area contributed by atoms with Crippen molar-refractivity contribution in [1.82, 2.24) is 9.55 Å². The van der Waals surface area contributed by atoms with Crippen molar-refractivity contribution in [3.8, 4) is 0 Å². The largest absolute Gasteiger partial charge is 0.324 e. The van der Waals surface area contributed by atoms with Gasteiger partial charge < -0.3 is 4.57 Å². The number of aromatic nitrogens is 2. The SMILES string of the molecule is CC1(C)CC1n1c(CCCl)nc2cc(Cl)c(Cl)cc21. The molecule has 1 aromatic carbocycles. The zero-order valence-corrected chi connectivity index (χ0v) is 13.1. The Hall–Kier alpha value is -0.440. The molecule has 1 fully saturated rings. The zero-order chi connectivity index (χ0) is 13.8. The van der Waals surface area contributed by atoms with E-state index in [4.69, 9.17) is 34.8 Å². The van der Waals surface area contributed by atoms with Gasteiger partial charge in [0, 0.05) is 18.3 Å². The monoisotopic (exact) mass is 316 g/mol. The van der Waals surface area contributed by atoms with E-state index in [0.29, 0.717) is 27.4 Å². The van der Waals surface area contributed by atoms with Gasteiger partial charge in [-0.1, -0.05) is 37.0 Å². The molecule has 0 spiro atoms. The number of rotatable bonds is 3. The van der Waals surface area contributed by atoms with Crippen LogP contribution in [0.4, 0.5) is 0 Å². The number of fused-ring (bicyclic) bond motifs is 1. The number of aryl methyl sites for hydroxylation is 1. The van der Waals surface area contributed by atoms with Crippen molar-refractivity contribution in [1.29, 1.82) is 0 Å². The summed E-state index contributed by atoms with van der Waals surface area (Å²) in [6.45, 7) is 4.54. The van der Waals surface area contributed by atoms with Gasteiger partial charge in [0.1, 0.15) is 5.82 Å². The van der Waals surface area contributed by atoms with Gasteiger partial charge in [-0.15, -0.1) is 11.6 Å². The van der Waals surface area contributed by atoms with Crippen molar-refractivity contribution in [3.63, 3.8) is 0 Å². The Kier molecular flexibility index (Phi) is 3.24. The van der Waals surface area contributed by atoms with E-state index in [1.807, 2.05) is 12.1 Å². The molecule has 2 aromatic rings. The lowest BCUT2D eigenvalue weighted by molar-refractivity contribution is 0.537. The summed E-state index contributed by atoms with van der Waals surface area (Å²) in [7, 11) is 0. The maximum Gasteiger partial charge on any atom is 0.111 e. The molecule has 1 atom stereocenters. The number of alkyl halides is 1. The van der Waals surface area contributed by atoms with Crippen LogP contribution in [0.3, 0.4) is 0 Å². The average molecular weight is 318 g/mol. The minimum absolute atomic E-state index is 0.320. The van der Waals surface area contributed by atoms with Crippen molar-refractivity contribution in [2.45, 2.75) is 32.7 Å². The predicted octanol–water partition coefficient (Wildman–Crippen LogP) is 5.10. The standard InChI is InChI=1S/C14H15Cl3N2/c1-14(2)7-12(14)19-11-6-9(17)8(16)5-10(11)18-13(19)3-4-15/h5-6,12H,3-4,7H2,1-2H3. The molecule has 0 aliphatic heterocycles. The maximum atomic E-state index is 6.14. The molecule has 1 saturated carbocycles. The Morgan fingerprint density at radius 1 is 1.32 bits per heavy atom. The van der Waals surface area contributed by atoms with Crippen LogP contribution in [0.2, 0.25) is 10.0 Å². The fourth-order valence-corrected chi connectivity index (χ4v) is 3.11. The molecule has 2 nitrogen and oxygen atoms in total. The lowest BCUT2D eigenvalue weighted by atomic mass is 10.2. The number of nitrogens with zero attached hydrogens (tertiary/aromatic N) is 2. The first-order valence-corrected chi connectivity index (χ1v) is 7.65. The summed E-state index contributed by atoms with van der Waals surface area (Å²) in [6, 6.07) is 4.23. The van der Waals surface area contributed by atoms with Crippen molar-refractivity contribution in [2.75, 3.05) is 5.88 Å². The fourth-order valence-electron chi connectivity index (χ4n) is 2.63. The second kappa shape index (κ2) is 4.54. The second-order valence-electron chi connectivity index (χ2n) is 5.80.